The molecular weight excluding hydrogens is 310 g/mol. The standard InChI is InChI=1S/C12H13BrF2O3/c1-3-10(12(16)17-4-2)18-11-8(14)5-7(13)6-9(11)15/h5-6,10H,3-4H2,1-2H3. The Hall–Kier alpha value is -1.17. The molecule has 1 rings (SSSR count). The third-order valence-electron chi connectivity index (χ3n) is 2.14. The summed E-state index contributed by atoms with van der Waals surface area (Å²) in [5, 5.41) is 0. The van der Waals surface area contributed by atoms with Crippen molar-refractivity contribution in [2.45, 2.75) is 26.4 Å². The Morgan fingerprint density at radius 2 is 1.89 bits per heavy atom. The SMILES string of the molecule is CCOC(=O)C(CC)Oc1c(F)cc(Br)cc1F. The van der Waals surface area contributed by atoms with Crippen LogP contribution in [0.4, 0.5) is 8.78 Å². The van der Waals surface area contributed by atoms with Gasteiger partial charge in [0.05, 0.1) is 6.61 Å². The van der Waals surface area contributed by atoms with E-state index in [0.717, 1.165) is 12.1 Å². The molecule has 18 heavy (non-hydrogen) atoms. The highest BCUT2D eigenvalue weighted by atomic mass is 79.9. The predicted octanol–water partition coefficient (Wildman–Crippen LogP) is 3.45. The van der Waals surface area contributed by atoms with Crippen LogP contribution in [0.15, 0.2) is 16.6 Å². The van der Waals surface area contributed by atoms with Crippen molar-refractivity contribution in [3.05, 3.63) is 28.2 Å². The monoisotopic (exact) mass is 322 g/mol. The van der Waals surface area contributed by atoms with Crippen molar-refractivity contribution in [2.75, 3.05) is 6.61 Å². The van der Waals surface area contributed by atoms with Gasteiger partial charge in [0, 0.05) is 4.47 Å². The van der Waals surface area contributed by atoms with Crippen molar-refractivity contribution in [2.24, 2.45) is 0 Å². The molecule has 0 N–H and O–H groups in total. The molecule has 0 saturated heterocycles. The van der Waals surface area contributed by atoms with Crippen molar-refractivity contribution in [3.63, 3.8) is 0 Å². The number of halogens is 3. The smallest absolute Gasteiger partial charge is 0.347 e. The molecule has 0 heterocycles. The van der Waals surface area contributed by atoms with Crippen molar-refractivity contribution in [1.82, 2.24) is 0 Å². The Morgan fingerprint density at radius 3 is 2.33 bits per heavy atom. The van der Waals surface area contributed by atoms with Gasteiger partial charge in [-0.25, -0.2) is 13.6 Å². The van der Waals surface area contributed by atoms with E-state index in [-0.39, 0.29) is 17.5 Å². The van der Waals surface area contributed by atoms with Gasteiger partial charge in [-0.2, -0.15) is 0 Å². The second-order valence-electron chi connectivity index (χ2n) is 3.47. The Labute approximate surface area is 112 Å². The van der Waals surface area contributed by atoms with Gasteiger partial charge in [-0.15, -0.1) is 0 Å². The van der Waals surface area contributed by atoms with Crippen LogP contribution in [0.1, 0.15) is 20.3 Å². The summed E-state index contributed by atoms with van der Waals surface area (Å²) in [6, 6.07) is 2.13. The lowest BCUT2D eigenvalue weighted by Gasteiger charge is -2.16. The third kappa shape index (κ3) is 3.66. The van der Waals surface area contributed by atoms with E-state index in [0.29, 0.717) is 0 Å². The van der Waals surface area contributed by atoms with Crippen molar-refractivity contribution < 1.29 is 23.0 Å². The summed E-state index contributed by atoms with van der Waals surface area (Å²) in [4.78, 5) is 11.5. The second kappa shape index (κ2) is 6.68. The highest BCUT2D eigenvalue weighted by Gasteiger charge is 2.23. The quantitative estimate of drug-likeness (QED) is 0.779. The highest BCUT2D eigenvalue weighted by Crippen LogP contribution is 2.27. The number of ether oxygens (including phenoxy) is 2. The minimum Gasteiger partial charge on any atom is -0.473 e. The average molecular weight is 323 g/mol. The fourth-order valence-electron chi connectivity index (χ4n) is 1.32. The van der Waals surface area contributed by atoms with Crippen molar-refractivity contribution in [1.29, 1.82) is 0 Å². The number of hydrogen-bond acceptors (Lipinski definition) is 3. The Balaban J connectivity index is 2.92. The average Bonchev–Trinajstić information content (AvgIpc) is 2.28. The number of carbonyl (C=O) groups is 1. The van der Waals surface area contributed by atoms with Gasteiger partial charge in [0.2, 0.25) is 0 Å². The highest BCUT2D eigenvalue weighted by molar-refractivity contribution is 9.10. The van der Waals surface area contributed by atoms with Crippen LogP contribution in [-0.2, 0) is 9.53 Å². The van der Waals surface area contributed by atoms with E-state index in [9.17, 15) is 13.6 Å². The van der Waals surface area contributed by atoms with Crippen LogP contribution in [0, 0.1) is 11.6 Å². The van der Waals surface area contributed by atoms with Gasteiger partial charge in [0.15, 0.2) is 23.5 Å². The van der Waals surface area contributed by atoms with E-state index in [1.165, 1.54) is 0 Å². The van der Waals surface area contributed by atoms with Gasteiger partial charge in [0.1, 0.15) is 0 Å². The van der Waals surface area contributed by atoms with Crippen LogP contribution in [0.3, 0.4) is 0 Å². The first-order chi connectivity index (χ1) is 8.49. The number of benzene rings is 1. The molecule has 0 aliphatic heterocycles. The summed E-state index contributed by atoms with van der Waals surface area (Å²) < 4.78 is 37.1. The fraction of sp³-hybridized carbons (Fsp3) is 0.417. The summed E-state index contributed by atoms with van der Waals surface area (Å²) >= 11 is 2.96. The zero-order valence-electron chi connectivity index (χ0n) is 10.0. The maximum Gasteiger partial charge on any atom is 0.347 e. The predicted molar refractivity (Wildman–Crippen MR) is 65.4 cm³/mol. The molecule has 0 saturated carbocycles. The summed E-state index contributed by atoms with van der Waals surface area (Å²) in [7, 11) is 0. The minimum atomic E-state index is -1.02. The summed E-state index contributed by atoms with van der Waals surface area (Å²) in [6.45, 7) is 3.49. The van der Waals surface area contributed by atoms with Crippen molar-refractivity contribution >= 4 is 21.9 Å². The molecule has 0 fully saturated rings. The largest absolute Gasteiger partial charge is 0.473 e. The Morgan fingerprint density at radius 1 is 1.33 bits per heavy atom. The lowest BCUT2D eigenvalue weighted by molar-refractivity contribution is -0.151. The number of esters is 1. The van der Waals surface area contributed by atoms with Crippen LogP contribution < -0.4 is 4.74 Å². The maximum atomic E-state index is 13.5. The molecule has 1 aromatic rings. The normalized spacial score (nSPS) is 12.1. The molecule has 100 valence electrons. The van der Waals surface area contributed by atoms with E-state index in [2.05, 4.69) is 15.9 Å². The molecule has 3 nitrogen and oxygen atoms in total. The van der Waals surface area contributed by atoms with E-state index in [1.54, 1.807) is 13.8 Å². The van der Waals surface area contributed by atoms with Crippen molar-refractivity contribution in [3.8, 4) is 5.75 Å². The Kier molecular flexibility index (Phi) is 5.53. The van der Waals surface area contributed by atoms with Crippen LogP contribution >= 0.6 is 15.9 Å². The molecule has 0 radical (unpaired) electrons. The van der Waals surface area contributed by atoms with E-state index >= 15 is 0 Å². The molecule has 1 unspecified atom stereocenters. The Bertz CT molecular complexity index is 414. The molecule has 0 aliphatic carbocycles. The number of carbonyl (C=O) groups excluding carboxylic acids is 1. The number of hydrogen-bond donors (Lipinski definition) is 0. The first-order valence-electron chi connectivity index (χ1n) is 5.47. The molecule has 1 aromatic carbocycles. The second-order valence-corrected chi connectivity index (χ2v) is 4.38. The molecule has 6 heteroatoms. The number of rotatable bonds is 5. The van der Waals surface area contributed by atoms with E-state index in [1.807, 2.05) is 0 Å². The van der Waals surface area contributed by atoms with E-state index in [4.69, 9.17) is 9.47 Å². The molecule has 1 atom stereocenters. The zero-order chi connectivity index (χ0) is 13.7. The van der Waals surface area contributed by atoms with Gasteiger partial charge < -0.3 is 9.47 Å². The third-order valence-corrected chi connectivity index (χ3v) is 2.60. The van der Waals surface area contributed by atoms with Gasteiger partial charge >= 0.3 is 5.97 Å². The molecule has 0 spiro atoms. The fourth-order valence-corrected chi connectivity index (χ4v) is 1.72. The zero-order valence-corrected chi connectivity index (χ0v) is 11.6. The lowest BCUT2D eigenvalue weighted by Crippen LogP contribution is -2.29. The van der Waals surface area contributed by atoms with E-state index < -0.39 is 29.5 Å². The minimum absolute atomic E-state index is 0.185. The topological polar surface area (TPSA) is 35.5 Å². The summed E-state index contributed by atoms with van der Waals surface area (Å²) in [5.41, 5.74) is 0. The molecular formula is C12H13BrF2O3. The summed E-state index contributed by atoms with van der Waals surface area (Å²) in [5.74, 6) is -2.95. The molecule has 0 aliphatic rings. The van der Waals surface area contributed by atoms with Gasteiger partial charge in [-0.1, -0.05) is 22.9 Å². The molecule has 0 amide bonds. The molecule has 0 bridgehead atoms. The van der Waals surface area contributed by atoms with Gasteiger partial charge in [-0.3, -0.25) is 0 Å². The van der Waals surface area contributed by atoms with Crippen LogP contribution in [-0.4, -0.2) is 18.7 Å². The summed E-state index contributed by atoms with van der Waals surface area (Å²) in [6.07, 6.45) is -0.761. The van der Waals surface area contributed by atoms with Crippen LogP contribution in [0.25, 0.3) is 0 Å². The van der Waals surface area contributed by atoms with Gasteiger partial charge in [0.25, 0.3) is 0 Å². The first-order valence-corrected chi connectivity index (χ1v) is 6.26. The van der Waals surface area contributed by atoms with Crippen LogP contribution in [0.2, 0.25) is 0 Å². The first kappa shape index (κ1) is 14.9. The lowest BCUT2D eigenvalue weighted by atomic mass is 10.2. The molecule has 0 aromatic heterocycles. The van der Waals surface area contributed by atoms with Crippen LogP contribution in [0.5, 0.6) is 5.75 Å². The maximum absolute atomic E-state index is 13.5. The van der Waals surface area contributed by atoms with Gasteiger partial charge in [-0.05, 0) is 25.5 Å².